The van der Waals surface area contributed by atoms with Gasteiger partial charge >= 0.3 is 12.2 Å². The Morgan fingerprint density at radius 3 is 2.45 bits per heavy atom. The second kappa shape index (κ2) is 11.5. The number of nitrogens with zero attached hydrogens (tertiary/aromatic N) is 7. The van der Waals surface area contributed by atoms with Gasteiger partial charge in [-0.1, -0.05) is 18.7 Å². The molecule has 230 valence electrons. The van der Waals surface area contributed by atoms with Gasteiger partial charge in [-0.25, -0.2) is 9.78 Å². The zero-order chi connectivity index (χ0) is 31.2. The lowest BCUT2D eigenvalue weighted by Gasteiger charge is -2.43. The summed E-state index contributed by atoms with van der Waals surface area (Å²) in [5.74, 6) is 0.109. The van der Waals surface area contributed by atoms with Gasteiger partial charge < -0.3 is 24.9 Å². The van der Waals surface area contributed by atoms with E-state index in [2.05, 4.69) is 50.8 Å². The van der Waals surface area contributed by atoms with Crippen LogP contribution in [0.5, 0.6) is 0 Å². The maximum absolute atomic E-state index is 14.1. The number of aromatic nitrogens is 2. The molecule has 10 nitrogen and oxygen atoms in total. The third kappa shape index (κ3) is 5.43. The van der Waals surface area contributed by atoms with Crippen molar-refractivity contribution in [3.63, 3.8) is 0 Å². The van der Waals surface area contributed by atoms with E-state index in [1.165, 1.54) is 15.9 Å². The zero-order valence-electron chi connectivity index (χ0n) is 24.5. The number of nitrogens with one attached hydrogen (secondary N) is 1. The summed E-state index contributed by atoms with van der Waals surface area (Å²) in [6, 6.07) is 10.7. The molecular weight excluding hydrogens is 573 g/mol. The predicted molar refractivity (Wildman–Crippen MR) is 162 cm³/mol. The van der Waals surface area contributed by atoms with Crippen LogP contribution in [0.15, 0.2) is 61.3 Å². The van der Waals surface area contributed by atoms with E-state index in [0.717, 1.165) is 54.6 Å². The Morgan fingerprint density at radius 1 is 1.05 bits per heavy atom. The quantitative estimate of drug-likeness (QED) is 0.408. The van der Waals surface area contributed by atoms with Crippen LogP contribution >= 0.6 is 0 Å². The standard InChI is InChI=1S/C31H33F3N8O2/c1-4-26(43)41-13-12-25(23-6-5-7-24(27(23)41)31(32,33)34)42-19-20-18-35-29(37-28(20)39(3)30(42)44)36-21-8-10-22(11-9-21)40-16-14-38(2)15-17-40/h4-11,18,25H,1,12-17,19H2,2-3H3,(H,35,36,37). The normalized spacial score (nSPS) is 19.0. The molecule has 1 atom stereocenters. The van der Waals surface area contributed by atoms with Crippen molar-refractivity contribution in [2.45, 2.75) is 25.2 Å². The van der Waals surface area contributed by atoms with Crippen LogP contribution in [0.1, 0.15) is 29.2 Å². The molecule has 4 heterocycles. The second-order valence-corrected chi connectivity index (χ2v) is 11.2. The van der Waals surface area contributed by atoms with Crippen molar-refractivity contribution in [3.8, 4) is 0 Å². The predicted octanol–water partition coefficient (Wildman–Crippen LogP) is 5.03. The number of hydrogen-bond donors (Lipinski definition) is 1. The molecule has 3 amide bonds. The molecule has 0 spiro atoms. The van der Waals surface area contributed by atoms with E-state index < -0.39 is 29.7 Å². The van der Waals surface area contributed by atoms with E-state index >= 15 is 0 Å². The number of carbonyl (C=O) groups excluding carboxylic acids is 2. The topological polar surface area (TPSA) is 88.2 Å². The molecule has 3 aliphatic rings. The Kier molecular flexibility index (Phi) is 7.66. The summed E-state index contributed by atoms with van der Waals surface area (Å²) < 4.78 is 42.2. The minimum atomic E-state index is -4.69. The smallest absolute Gasteiger partial charge is 0.369 e. The average molecular weight is 607 g/mol. The summed E-state index contributed by atoms with van der Waals surface area (Å²) in [5, 5.41) is 3.20. The Hall–Kier alpha value is -4.65. The number of carbonyl (C=O) groups is 2. The van der Waals surface area contributed by atoms with E-state index in [4.69, 9.17) is 0 Å². The Labute approximate surface area is 253 Å². The Balaban J connectivity index is 1.24. The third-order valence-corrected chi connectivity index (χ3v) is 8.47. The number of benzene rings is 2. The molecule has 0 radical (unpaired) electrons. The molecule has 0 saturated carbocycles. The summed E-state index contributed by atoms with van der Waals surface area (Å²) in [5.41, 5.74) is 1.68. The van der Waals surface area contributed by atoms with Gasteiger partial charge in [0.1, 0.15) is 5.82 Å². The van der Waals surface area contributed by atoms with Crippen molar-refractivity contribution in [2.75, 3.05) is 66.8 Å². The van der Waals surface area contributed by atoms with Gasteiger partial charge in [0, 0.05) is 62.9 Å². The number of urea groups is 1. The fourth-order valence-electron chi connectivity index (χ4n) is 6.12. The fourth-order valence-corrected chi connectivity index (χ4v) is 6.12. The number of piperazine rings is 1. The summed E-state index contributed by atoms with van der Waals surface area (Å²) >= 11 is 0. The number of alkyl halides is 3. The highest BCUT2D eigenvalue weighted by atomic mass is 19.4. The van der Waals surface area contributed by atoms with Gasteiger partial charge in [0.05, 0.1) is 23.8 Å². The number of rotatable bonds is 5. The zero-order valence-corrected chi connectivity index (χ0v) is 24.5. The van der Waals surface area contributed by atoms with Crippen molar-refractivity contribution in [1.82, 2.24) is 19.8 Å². The van der Waals surface area contributed by atoms with Crippen molar-refractivity contribution in [3.05, 3.63) is 78.0 Å². The number of fused-ring (bicyclic) bond motifs is 2. The molecule has 1 fully saturated rings. The molecule has 44 heavy (non-hydrogen) atoms. The first-order valence-corrected chi connectivity index (χ1v) is 14.4. The molecule has 13 heteroatoms. The minimum Gasteiger partial charge on any atom is -0.369 e. The largest absolute Gasteiger partial charge is 0.418 e. The van der Waals surface area contributed by atoms with E-state index in [-0.39, 0.29) is 30.8 Å². The number of amides is 3. The van der Waals surface area contributed by atoms with Gasteiger partial charge in [0.25, 0.3) is 0 Å². The molecule has 6 rings (SSSR count). The molecule has 1 saturated heterocycles. The van der Waals surface area contributed by atoms with Crippen LogP contribution in [0, 0.1) is 0 Å². The summed E-state index contributed by atoms with van der Waals surface area (Å²) in [6.45, 7) is 7.53. The van der Waals surface area contributed by atoms with Crippen LogP contribution in [-0.4, -0.2) is 78.5 Å². The molecule has 1 aromatic heterocycles. The van der Waals surface area contributed by atoms with Crippen LogP contribution in [-0.2, 0) is 17.5 Å². The summed E-state index contributed by atoms with van der Waals surface area (Å²) in [6.07, 6.45) is -1.81. The maximum Gasteiger partial charge on any atom is 0.418 e. The number of halogens is 3. The summed E-state index contributed by atoms with van der Waals surface area (Å²) in [7, 11) is 3.70. The Bertz CT molecular complexity index is 1590. The van der Waals surface area contributed by atoms with Gasteiger partial charge in [-0.15, -0.1) is 0 Å². The molecule has 3 aliphatic heterocycles. The molecule has 1 unspecified atom stereocenters. The van der Waals surface area contributed by atoms with Crippen molar-refractivity contribution < 1.29 is 22.8 Å². The first kappa shape index (κ1) is 29.4. The van der Waals surface area contributed by atoms with Crippen molar-refractivity contribution in [1.29, 1.82) is 0 Å². The fraction of sp³-hybridized carbons (Fsp3) is 0.355. The van der Waals surface area contributed by atoms with Crippen LogP contribution < -0.4 is 20.0 Å². The van der Waals surface area contributed by atoms with Crippen LogP contribution in [0.3, 0.4) is 0 Å². The van der Waals surface area contributed by atoms with Crippen LogP contribution in [0.4, 0.5) is 46.8 Å². The highest BCUT2D eigenvalue weighted by molar-refractivity contribution is 6.03. The molecule has 1 N–H and O–H groups in total. The van der Waals surface area contributed by atoms with E-state index in [0.29, 0.717) is 17.3 Å². The Morgan fingerprint density at radius 2 is 1.77 bits per heavy atom. The first-order valence-electron chi connectivity index (χ1n) is 14.4. The van der Waals surface area contributed by atoms with Crippen LogP contribution in [0.25, 0.3) is 0 Å². The lowest BCUT2D eigenvalue weighted by Crippen LogP contribution is -2.50. The number of anilines is 5. The van der Waals surface area contributed by atoms with Gasteiger partial charge in [-0.05, 0) is 55.4 Å². The molecular formula is C31H33F3N8O2. The van der Waals surface area contributed by atoms with E-state index in [9.17, 15) is 22.8 Å². The second-order valence-electron chi connectivity index (χ2n) is 11.2. The first-order chi connectivity index (χ1) is 21.0. The molecule has 2 aromatic carbocycles. The number of likely N-dealkylation sites (N-methyl/N-ethyl adjacent to an activating group) is 1. The third-order valence-electron chi connectivity index (χ3n) is 8.47. The van der Waals surface area contributed by atoms with Gasteiger partial charge in [-0.3, -0.25) is 9.69 Å². The lowest BCUT2D eigenvalue weighted by molar-refractivity contribution is -0.137. The molecule has 3 aromatic rings. The van der Waals surface area contributed by atoms with E-state index in [1.807, 2.05) is 12.1 Å². The monoisotopic (exact) mass is 606 g/mol. The van der Waals surface area contributed by atoms with Crippen LogP contribution in [0.2, 0.25) is 0 Å². The average Bonchev–Trinajstić information content (AvgIpc) is 3.02. The highest BCUT2D eigenvalue weighted by Gasteiger charge is 2.43. The minimum absolute atomic E-state index is 0.00290. The molecule has 0 aliphatic carbocycles. The van der Waals surface area contributed by atoms with Gasteiger partial charge in [-0.2, -0.15) is 18.2 Å². The van der Waals surface area contributed by atoms with Gasteiger partial charge in [0.15, 0.2) is 0 Å². The summed E-state index contributed by atoms with van der Waals surface area (Å²) in [4.78, 5) is 43.9. The van der Waals surface area contributed by atoms with Crippen molar-refractivity contribution in [2.24, 2.45) is 0 Å². The van der Waals surface area contributed by atoms with Crippen molar-refractivity contribution >= 4 is 40.8 Å². The van der Waals surface area contributed by atoms with E-state index in [1.54, 1.807) is 19.3 Å². The lowest BCUT2D eigenvalue weighted by atomic mass is 9.91. The van der Waals surface area contributed by atoms with Gasteiger partial charge in [0.2, 0.25) is 11.9 Å². The highest BCUT2D eigenvalue weighted by Crippen LogP contribution is 2.46. The number of hydrogen-bond acceptors (Lipinski definition) is 7. The maximum atomic E-state index is 14.1. The number of para-hydroxylation sites is 1. The SMILES string of the molecule is C=CC(=O)N1CCC(N2Cc3cnc(Nc4ccc(N5CCN(C)CC5)cc4)nc3N(C)C2=O)c2cccc(C(F)(F)F)c21. The molecule has 0 bridgehead atoms.